The lowest BCUT2D eigenvalue weighted by Gasteiger charge is -2.27. The predicted octanol–water partition coefficient (Wildman–Crippen LogP) is 4.81. The summed E-state index contributed by atoms with van der Waals surface area (Å²) < 4.78 is 11.6. The molecule has 1 saturated heterocycles. The number of aryl methyl sites for hydroxylation is 1. The van der Waals surface area contributed by atoms with E-state index < -0.39 is 12.3 Å². The van der Waals surface area contributed by atoms with Crippen molar-refractivity contribution in [2.45, 2.75) is 45.6 Å². The van der Waals surface area contributed by atoms with Gasteiger partial charge in [-0.25, -0.2) is 9.97 Å². The minimum Gasteiger partial charge on any atom is -0.481 e. The average molecular weight is 497 g/mol. The van der Waals surface area contributed by atoms with Crippen LogP contribution >= 0.6 is 11.3 Å². The van der Waals surface area contributed by atoms with Crippen LogP contribution < -0.4 is 5.32 Å². The number of nitrogens with one attached hydrogen (secondary N) is 1. The molecule has 9 heteroatoms. The number of rotatable bonds is 9. The van der Waals surface area contributed by atoms with Crippen molar-refractivity contribution < 1.29 is 19.4 Å². The summed E-state index contributed by atoms with van der Waals surface area (Å²) in [6.45, 7) is 5.79. The van der Waals surface area contributed by atoms with Gasteiger partial charge in [0.2, 0.25) is 0 Å². The lowest BCUT2D eigenvalue weighted by atomic mass is 10.1. The Kier molecular flexibility index (Phi) is 8.12. The Morgan fingerprint density at radius 3 is 2.66 bits per heavy atom. The van der Waals surface area contributed by atoms with Crippen LogP contribution in [0.1, 0.15) is 53.2 Å². The number of hydrogen-bond donors (Lipinski definition) is 2. The molecule has 186 valence electrons. The Labute approximate surface area is 209 Å². The Balaban J connectivity index is 1.63. The molecule has 1 fully saturated rings. The number of aromatic nitrogens is 2. The van der Waals surface area contributed by atoms with E-state index in [4.69, 9.17) is 9.47 Å². The van der Waals surface area contributed by atoms with Gasteiger partial charge in [-0.3, -0.25) is 4.79 Å². The quantitative estimate of drug-likeness (QED) is 0.436. The van der Waals surface area contributed by atoms with Gasteiger partial charge in [0, 0.05) is 16.3 Å². The van der Waals surface area contributed by atoms with Gasteiger partial charge in [-0.05, 0) is 57.6 Å². The van der Waals surface area contributed by atoms with Crippen molar-refractivity contribution in [2.75, 3.05) is 32.6 Å². The fourth-order valence-corrected chi connectivity index (χ4v) is 5.25. The normalized spacial score (nSPS) is 15.3. The third-order valence-corrected chi connectivity index (χ3v) is 7.00. The highest BCUT2D eigenvalue weighted by atomic mass is 32.1. The maximum atomic E-state index is 11.5. The molecule has 3 aromatic rings. The second-order valence-electron chi connectivity index (χ2n) is 8.94. The van der Waals surface area contributed by atoms with Gasteiger partial charge >= 0.3 is 5.97 Å². The summed E-state index contributed by atoms with van der Waals surface area (Å²) >= 11 is 1.73. The summed E-state index contributed by atoms with van der Waals surface area (Å²) in [4.78, 5) is 25.1. The van der Waals surface area contributed by atoms with Gasteiger partial charge in [-0.15, -0.1) is 11.3 Å². The first kappa shape index (κ1) is 25.2. The van der Waals surface area contributed by atoms with E-state index in [1.807, 2.05) is 0 Å². The van der Waals surface area contributed by atoms with E-state index in [2.05, 4.69) is 77.6 Å². The standard InChI is InChI=1S/C26H32N4O4S/c1-16(21-10-11-22(35-21)19-9-6-5-8-18(19)15-30(3)4)27-25-24(26-33-12-7-13-34-26)20(14-23(31)32)28-17(2)29-25/h5-6,8-11,16,26H,7,12-15H2,1-4H3,(H,31,32)(H,27,28,29)/t16-/m1/s1. The second-order valence-corrected chi connectivity index (χ2v) is 10.1. The molecule has 0 amide bonds. The van der Waals surface area contributed by atoms with Crippen LogP contribution in [0.5, 0.6) is 0 Å². The highest BCUT2D eigenvalue weighted by Crippen LogP contribution is 2.37. The zero-order valence-electron chi connectivity index (χ0n) is 20.6. The van der Waals surface area contributed by atoms with Gasteiger partial charge in [0.25, 0.3) is 0 Å². The summed E-state index contributed by atoms with van der Waals surface area (Å²) in [5.41, 5.74) is 3.50. The number of nitrogens with zero attached hydrogens (tertiary/aromatic N) is 3. The van der Waals surface area contributed by atoms with Gasteiger partial charge in [-0.1, -0.05) is 24.3 Å². The molecule has 1 aromatic carbocycles. The smallest absolute Gasteiger partial charge is 0.309 e. The molecular formula is C26H32N4O4S. The number of anilines is 1. The van der Waals surface area contributed by atoms with Crippen molar-refractivity contribution in [1.29, 1.82) is 0 Å². The van der Waals surface area contributed by atoms with Crippen LogP contribution in [0.2, 0.25) is 0 Å². The lowest BCUT2D eigenvalue weighted by molar-refractivity contribution is -0.183. The number of benzene rings is 1. The molecular weight excluding hydrogens is 464 g/mol. The summed E-state index contributed by atoms with van der Waals surface area (Å²) in [5.74, 6) is 0.0922. The van der Waals surface area contributed by atoms with Gasteiger partial charge in [-0.2, -0.15) is 0 Å². The van der Waals surface area contributed by atoms with Crippen LogP contribution in [0, 0.1) is 6.92 Å². The first-order valence-corrected chi connectivity index (χ1v) is 12.5. The number of thiophene rings is 1. The van der Waals surface area contributed by atoms with Gasteiger partial charge < -0.3 is 24.8 Å². The van der Waals surface area contributed by atoms with Crippen molar-refractivity contribution in [2.24, 2.45) is 0 Å². The van der Waals surface area contributed by atoms with E-state index in [1.165, 1.54) is 16.0 Å². The Morgan fingerprint density at radius 1 is 1.20 bits per heavy atom. The number of ether oxygens (including phenoxy) is 2. The Bertz CT molecular complexity index is 1170. The largest absolute Gasteiger partial charge is 0.481 e. The molecule has 1 aliphatic rings. The summed E-state index contributed by atoms with van der Waals surface area (Å²) in [5, 5.41) is 12.9. The van der Waals surface area contributed by atoms with Gasteiger partial charge in [0.15, 0.2) is 6.29 Å². The molecule has 0 aliphatic carbocycles. The Hall–Kier alpha value is -2.85. The van der Waals surface area contributed by atoms with Crippen LogP contribution in [0.4, 0.5) is 5.82 Å². The molecule has 2 N–H and O–H groups in total. The van der Waals surface area contributed by atoms with Crippen molar-refractivity contribution in [3.05, 3.63) is 63.9 Å². The third-order valence-electron chi connectivity index (χ3n) is 5.69. The number of hydrogen-bond acceptors (Lipinski definition) is 8. The first-order chi connectivity index (χ1) is 16.8. The number of carbonyl (C=O) groups is 1. The summed E-state index contributed by atoms with van der Waals surface area (Å²) in [7, 11) is 4.14. The minimum absolute atomic E-state index is 0.0657. The topological polar surface area (TPSA) is 96.8 Å². The summed E-state index contributed by atoms with van der Waals surface area (Å²) in [6.07, 6.45) is -0.119. The van der Waals surface area contributed by atoms with Gasteiger partial charge in [0.05, 0.1) is 36.9 Å². The molecule has 4 rings (SSSR count). The van der Waals surface area contributed by atoms with Gasteiger partial charge in [0.1, 0.15) is 11.6 Å². The monoisotopic (exact) mass is 496 g/mol. The average Bonchev–Trinajstić information content (AvgIpc) is 3.29. The van der Waals surface area contributed by atoms with E-state index in [9.17, 15) is 9.90 Å². The zero-order chi connectivity index (χ0) is 24.9. The minimum atomic E-state index is -0.960. The molecule has 8 nitrogen and oxygen atoms in total. The molecule has 2 aromatic heterocycles. The molecule has 0 unspecified atom stereocenters. The van der Waals surface area contributed by atoms with Crippen molar-refractivity contribution in [3.8, 4) is 10.4 Å². The number of carboxylic acids is 1. The number of aliphatic carboxylic acids is 1. The van der Waals surface area contributed by atoms with E-state index in [0.29, 0.717) is 36.1 Å². The fourth-order valence-electron chi connectivity index (χ4n) is 4.18. The maximum absolute atomic E-state index is 11.5. The zero-order valence-corrected chi connectivity index (χ0v) is 21.4. The third kappa shape index (κ3) is 6.24. The van der Waals surface area contributed by atoms with Crippen molar-refractivity contribution in [1.82, 2.24) is 14.9 Å². The van der Waals surface area contributed by atoms with E-state index >= 15 is 0 Å². The molecule has 3 heterocycles. The molecule has 0 bridgehead atoms. The van der Waals surface area contributed by atoms with Crippen LogP contribution in [-0.4, -0.2) is 53.3 Å². The molecule has 35 heavy (non-hydrogen) atoms. The molecule has 1 atom stereocenters. The molecule has 0 saturated carbocycles. The van der Waals surface area contributed by atoms with E-state index in [-0.39, 0.29) is 12.5 Å². The van der Waals surface area contributed by atoms with Crippen LogP contribution in [0.15, 0.2) is 36.4 Å². The second kappa shape index (κ2) is 11.3. The first-order valence-electron chi connectivity index (χ1n) is 11.7. The molecule has 1 aliphatic heterocycles. The highest BCUT2D eigenvalue weighted by molar-refractivity contribution is 7.15. The van der Waals surface area contributed by atoms with E-state index in [1.54, 1.807) is 18.3 Å². The predicted molar refractivity (Wildman–Crippen MR) is 137 cm³/mol. The highest BCUT2D eigenvalue weighted by Gasteiger charge is 2.28. The molecule has 0 spiro atoms. The van der Waals surface area contributed by atoms with Crippen molar-refractivity contribution in [3.63, 3.8) is 0 Å². The SMILES string of the molecule is Cc1nc(CC(=O)O)c(C2OCCCO2)c(N[C@H](C)c2ccc(-c3ccccc3CN(C)C)s2)n1. The van der Waals surface area contributed by atoms with E-state index in [0.717, 1.165) is 17.8 Å². The maximum Gasteiger partial charge on any atom is 0.309 e. The summed E-state index contributed by atoms with van der Waals surface area (Å²) in [6, 6.07) is 12.7. The Morgan fingerprint density at radius 2 is 1.94 bits per heavy atom. The van der Waals surface area contributed by atoms with Crippen LogP contribution in [0.3, 0.4) is 0 Å². The van der Waals surface area contributed by atoms with Crippen molar-refractivity contribution >= 4 is 23.1 Å². The number of carboxylic acid groups (broad SMARTS) is 1. The fraction of sp³-hybridized carbons (Fsp3) is 0.423. The van der Waals surface area contributed by atoms with Crippen LogP contribution in [-0.2, 0) is 27.2 Å². The molecule has 0 radical (unpaired) electrons. The van der Waals surface area contributed by atoms with Crippen LogP contribution in [0.25, 0.3) is 10.4 Å². The lowest BCUT2D eigenvalue weighted by Crippen LogP contribution is -2.23.